The van der Waals surface area contributed by atoms with Crippen LogP contribution in [0.4, 0.5) is 4.79 Å². The number of piperazine rings is 1. The van der Waals surface area contributed by atoms with Gasteiger partial charge in [0.2, 0.25) is 0 Å². The van der Waals surface area contributed by atoms with Crippen LogP contribution in [0.25, 0.3) is 28.2 Å². The smallest absolute Gasteiger partial charge is 0.409 e. The maximum atomic E-state index is 13.2. The summed E-state index contributed by atoms with van der Waals surface area (Å²) in [4.78, 5) is 38.1. The first kappa shape index (κ1) is 23.3. The molecular formula is C27H27ClN4O3. The Balaban J connectivity index is 1.36. The fourth-order valence-corrected chi connectivity index (χ4v) is 4.79. The Morgan fingerprint density at radius 2 is 1.86 bits per heavy atom. The van der Waals surface area contributed by atoms with E-state index in [1.807, 2.05) is 25.3 Å². The van der Waals surface area contributed by atoms with Gasteiger partial charge in [0, 0.05) is 55.3 Å². The SMILES string of the molecule is CCCOC(=O)N1CCN(C(=O)c2ccc3c(Cl)cc(-c4cnc5c(c4)C=C(C)C5)nc3c2)CC1. The average Bonchev–Trinajstić information content (AvgIpc) is 3.25. The van der Waals surface area contributed by atoms with E-state index in [0.29, 0.717) is 48.9 Å². The summed E-state index contributed by atoms with van der Waals surface area (Å²) in [5, 5.41) is 1.37. The highest BCUT2D eigenvalue weighted by Crippen LogP contribution is 2.31. The largest absolute Gasteiger partial charge is 0.449 e. The summed E-state index contributed by atoms with van der Waals surface area (Å²) in [5.74, 6) is -0.0865. The number of allylic oxidation sites excluding steroid dienone is 1. The maximum Gasteiger partial charge on any atom is 0.409 e. The first-order valence-electron chi connectivity index (χ1n) is 11.9. The standard InChI is InChI=1S/C27H27ClN4O3/c1-3-10-35-27(34)32-8-6-31(7-9-32)26(33)18-4-5-21-22(28)15-24(30-25(21)14-18)20-13-19-11-17(2)12-23(19)29-16-20/h4-5,11,13-16H,3,6-10,12H2,1-2H3. The Morgan fingerprint density at radius 1 is 1.09 bits per heavy atom. The number of fused-ring (bicyclic) bond motifs is 2. The minimum atomic E-state index is -0.317. The lowest BCUT2D eigenvalue weighted by molar-refractivity contribution is 0.0560. The molecule has 2 aromatic heterocycles. The lowest BCUT2D eigenvalue weighted by Crippen LogP contribution is -2.50. The van der Waals surface area contributed by atoms with Crippen LogP contribution in [-0.2, 0) is 11.2 Å². The average molecular weight is 491 g/mol. The molecule has 2 amide bonds. The number of amides is 2. The molecule has 35 heavy (non-hydrogen) atoms. The van der Waals surface area contributed by atoms with Crippen LogP contribution in [0.2, 0.25) is 5.02 Å². The van der Waals surface area contributed by atoms with Crippen molar-refractivity contribution in [1.29, 1.82) is 0 Å². The predicted molar refractivity (Wildman–Crippen MR) is 136 cm³/mol. The molecule has 0 bridgehead atoms. The molecule has 180 valence electrons. The lowest BCUT2D eigenvalue weighted by atomic mass is 10.1. The molecule has 5 rings (SSSR count). The number of hydrogen-bond acceptors (Lipinski definition) is 5. The monoisotopic (exact) mass is 490 g/mol. The Hall–Kier alpha value is -3.45. The maximum absolute atomic E-state index is 13.2. The number of ether oxygens (including phenoxy) is 1. The molecule has 0 atom stereocenters. The quantitative estimate of drug-likeness (QED) is 0.501. The van der Waals surface area contributed by atoms with Crippen molar-refractivity contribution in [2.75, 3.05) is 32.8 Å². The Labute approximate surface area is 209 Å². The second-order valence-electron chi connectivity index (χ2n) is 9.04. The Kier molecular flexibility index (Phi) is 6.43. The van der Waals surface area contributed by atoms with Gasteiger partial charge < -0.3 is 14.5 Å². The second kappa shape index (κ2) is 9.66. The molecule has 0 unspecified atom stereocenters. The number of benzene rings is 1. The number of nitrogens with zero attached hydrogens (tertiary/aromatic N) is 4. The van der Waals surface area contributed by atoms with Crippen molar-refractivity contribution < 1.29 is 14.3 Å². The zero-order chi connectivity index (χ0) is 24.5. The topological polar surface area (TPSA) is 75.6 Å². The molecule has 7 nitrogen and oxygen atoms in total. The van der Waals surface area contributed by atoms with Crippen molar-refractivity contribution in [1.82, 2.24) is 19.8 Å². The van der Waals surface area contributed by atoms with Gasteiger partial charge >= 0.3 is 6.09 Å². The number of carbonyl (C=O) groups excluding carboxylic acids is 2. The van der Waals surface area contributed by atoms with Gasteiger partial charge in [0.05, 0.1) is 28.5 Å². The van der Waals surface area contributed by atoms with E-state index in [1.54, 1.807) is 21.9 Å². The highest BCUT2D eigenvalue weighted by molar-refractivity contribution is 6.35. The van der Waals surface area contributed by atoms with Crippen LogP contribution >= 0.6 is 11.6 Å². The van der Waals surface area contributed by atoms with Crippen molar-refractivity contribution in [3.8, 4) is 11.3 Å². The van der Waals surface area contributed by atoms with Crippen molar-refractivity contribution in [3.63, 3.8) is 0 Å². The molecule has 0 N–H and O–H groups in total. The van der Waals surface area contributed by atoms with Crippen LogP contribution in [0.3, 0.4) is 0 Å². The molecule has 8 heteroatoms. The van der Waals surface area contributed by atoms with E-state index in [4.69, 9.17) is 21.3 Å². The lowest BCUT2D eigenvalue weighted by Gasteiger charge is -2.34. The summed E-state index contributed by atoms with van der Waals surface area (Å²) >= 11 is 6.60. The number of aromatic nitrogens is 2. The van der Waals surface area contributed by atoms with Crippen molar-refractivity contribution in [3.05, 3.63) is 63.9 Å². The molecule has 1 aromatic carbocycles. The van der Waals surface area contributed by atoms with Crippen LogP contribution in [0.15, 0.2) is 42.1 Å². The first-order valence-corrected chi connectivity index (χ1v) is 12.3. The molecule has 2 aliphatic rings. The van der Waals surface area contributed by atoms with E-state index in [2.05, 4.69) is 24.1 Å². The molecule has 1 saturated heterocycles. The third-order valence-electron chi connectivity index (χ3n) is 6.41. The van der Waals surface area contributed by atoms with E-state index >= 15 is 0 Å². The predicted octanol–water partition coefficient (Wildman–Crippen LogP) is 5.21. The van der Waals surface area contributed by atoms with E-state index in [0.717, 1.165) is 40.7 Å². The molecule has 3 heterocycles. The van der Waals surface area contributed by atoms with E-state index < -0.39 is 0 Å². The summed E-state index contributed by atoms with van der Waals surface area (Å²) < 4.78 is 5.20. The normalized spacial score (nSPS) is 15.2. The van der Waals surface area contributed by atoms with Crippen molar-refractivity contribution >= 4 is 40.6 Å². The van der Waals surface area contributed by atoms with Crippen LogP contribution in [-0.4, -0.2) is 64.6 Å². The second-order valence-corrected chi connectivity index (χ2v) is 9.45. The van der Waals surface area contributed by atoms with Gasteiger partial charge in [-0.15, -0.1) is 0 Å². The molecule has 0 spiro atoms. The van der Waals surface area contributed by atoms with Gasteiger partial charge in [0.15, 0.2) is 0 Å². The van der Waals surface area contributed by atoms with Crippen LogP contribution in [0.5, 0.6) is 0 Å². The number of rotatable bonds is 4. The molecular weight excluding hydrogens is 464 g/mol. The van der Waals surface area contributed by atoms with Gasteiger partial charge in [-0.05, 0) is 43.2 Å². The zero-order valence-corrected chi connectivity index (χ0v) is 20.6. The molecule has 1 aliphatic carbocycles. The van der Waals surface area contributed by atoms with Gasteiger partial charge in [-0.1, -0.05) is 36.2 Å². The highest BCUT2D eigenvalue weighted by Gasteiger charge is 2.26. The summed E-state index contributed by atoms with van der Waals surface area (Å²) in [7, 11) is 0. The summed E-state index contributed by atoms with van der Waals surface area (Å²) in [5.41, 5.74) is 6.29. The Bertz CT molecular complexity index is 1350. The number of halogens is 1. The van der Waals surface area contributed by atoms with Gasteiger partial charge in [0.25, 0.3) is 5.91 Å². The molecule has 0 radical (unpaired) electrons. The summed E-state index contributed by atoms with van der Waals surface area (Å²) in [6.45, 7) is 6.29. The van der Waals surface area contributed by atoms with Gasteiger partial charge in [-0.3, -0.25) is 9.78 Å². The van der Waals surface area contributed by atoms with E-state index in [9.17, 15) is 9.59 Å². The third kappa shape index (κ3) is 4.73. The third-order valence-corrected chi connectivity index (χ3v) is 6.72. The first-order chi connectivity index (χ1) is 16.9. The summed E-state index contributed by atoms with van der Waals surface area (Å²) in [6.07, 6.45) is 5.32. The van der Waals surface area contributed by atoms with Gasteiger partial charge in [-0.25, -0.2) is 9.78 Å². The number of hydrogen-bond donors (Lipinski definition) is 0. The molecule has 0 saturated carbocycles. The fraction of sp³-hybridized carbons (Fsp3) is 0.333. The summed E-state index contributed by atoms with van der Waals surface area (Å²) in [6, 6.07) is 9.34. The van der Waals surface area contributed by atoms with Crippen LogP contribution in [0.1, 0.15) is 41.9 Å². The highest BCUT2D eigenvalue weighted by atomic mass is 35.5. The van der Waals surface area contributed by atoms with Crippen LogP contribution < -0.4 is 0 Å². The van der Waals surface area contributed by atoms with E-state index in [1.165, 1.54) is 5.57 Å². The number of carbonyl (C=O) groups is 2. The molecule has 1 fully saturated rings. The molecule has 1 aliphatic heterocycles. The van der Waals surface area contributed by atoms with Gasteiger partial charge in [0.1, 0.15) is 0 Å². The van der Waals surface area contributed by atoms with Crippen molar-refractivity contribution in [2.45, 2.75) is 26.7 Å². The zero-order valence-electron chi connectivity index (χ0n) is 19.9. The van der Waals surface area contributed by atoms with Gasteiger partial charge in [-0.2, -0.15) is 0 Å². The van der Waals surface area contributed by atoms with Crippen LogP contribution in [0, 0.1) is 0 Å². The number of pyridine rings is 2. The minimum absolute atomic E-state index is 0.0865. The Morgan fingerprint density at radius 3 is 2.63 bits per heavy atom. The fourth-order valence-electron chi connectivity index (χ4n) is 4.53. The van der Waals surface area contributed by atoms with E-state index in [-0.39, 0.29) is 12.0 Å². The van der Waals surface area contributed by atoms with Crippen molar-refractivity contribution in [2.24, 2.45) is 0 Å². The minimum Gasteiger partial charge on any atom is -0.449 e. The molecule has 3 aromatic rings.